The summed E-state index contributed by atoms with van der Waals surface area (Å²) in [5, 5.41) is 13.2. The molecule has 0 aliphatic heterocycles. The SMILES string of the molecule is N#CC(=C1CCC(c2ccccc2)CC1)c1nc(-c2cc3ccccc3oc2=O)cs1. The molecule has 1 saturated carbocycles. The Balaban J connectivity index is 1.43. The molecule has 1 aliphatic carbocycles. The number of fused-ring (bicyclic) bond motifs is 1. The molecule has 4 aromatic rings. The summed E-state index contributed by atoms with van der Waals surface area (Å²) in [6, 6.07) is 22.2. The van der Waals surface area contributed by atoms with E-state index in [9.17, 15) is 10.1 Å². The second kappa shape index (κ2) is 8.33. The van der Waals surface area contributed by atoms with Crippen molar-refractivity contribution in [2.24, 2.45) is 0 Å². The maximum Gasteiger partial charge on any atom is 0.345 e. The third-order valence-corrected chi connectivity index (χ3v) is 6.82. The lowest BCUT2D eigenvalue weighted by Gasteiger charge is -2.24. The third kappa shape index (κ3) is 3.83. The molecule has 152 valence electrons. The Kier molecular flexibility index (Phi) is 5.23. The number of thiazole rings is 1. The zero-order valence-electron chi connectivity index (χ0n) is 16.9. The minimum absolute atomic E-state index is 0.412. The van der Waals surface area contributed by atoms with E-state index in [-0.39, 0.29) is 0 Å². The second-order valence-electron chi connectivity index (χ2n) is 7.80. The molecule has 0 radical (unpaired) electrons. The van der Waals surface area contributed by atoms with Crippen molar-refractivity contribution >= 4 is 27.9 Å². The predicted octanol–water partition coefficient (Wildman–Crippen LogP) is 6.55. The number of allylic oxidation sites excluding steroid dienone is 2. The van der Waals surface area contributed by atoms with Gasteiger partial charge in [0.15, 0.2) is 0 Å². The molecule has 31 heavy (non-hydrogen) atoms. The molecule has 0 bridgehead atoms. The number of aromatic nitrogens is 1. The van der Waals surface area contributed by atoms with E-state index in [2.05, 4.69) is 35.3 Å². The smallest absolute Gasteiger partial charge is 0.345 e. The van der Waals surface area contributed by atoms with Crippen LogP contribution in [0.3, 0.4) is 0 Å². The summed E-state index contributed by atoms with van der Waals surface area (Å²) >= 11 is 1.41. The molecular formula is C26H20N2O2S. The molecule has 0 spiro atoms. The number of nitrogens with zero attached hydrogens (tertiary/aromatic N) is 2. The van der Waals surface area contributed by atoms with Gasteiger partial charge in [0.25, 0.3) is 0 Å². The van der Waals surface area contributed by atoms with Crippen LogP contribution in [0.2, 0.25) is 0 Å². The fourth-order valence-corrected chi connectivity index (χ4v) is 5.17. The lowest BCUT2D eigenvalue weighted by molar-refractivity contribution is 0.518. The van der Waals surface area contributed by atoms with Gasteiger partial charge in [0.1, 0.15) is 16.7 Å². The maximum absolute atomic E-state index is 12.5. The summed E-state index contributed by atoms with van der Waals surface area (Å²) in [7, 11) is 0. The van der Waals surface area contributed by atoms with Gasteiger partial charge in [-0.15, -0.1) is 11.3 Å². The molecule has 0 saturated heterocycles. The molecule has 0 atom stereocenters. The first-order valence-corrected chi connectivity index (χ1v) is 11.3. The highest BCUT2D eigenvalue weighted by molar-refractivity contribution is 7.11. The summed E-state index contributed by atoms with van der Waals surface area (Å²) in [5.41, 5.74) is 4.34. The number of rotatable bonds is 3. The van der Waals surface area contributed by atoms with Crippen molar-refractivity contribution in [2.45, 2.75) is 31.6 Å². The Labute approximate surface area is 184 Å². The van der Waals surface area contributed by atoms with Gasteiger partial charge in [-0.3, -0.25) is 0 Å². The van der Waals surface area contributed by atoms with Gasteiger partial charge in [-0.25, -0.2) is 9.78 Å². The van der Waals surface area contributed by atoms with Crippen LogP contribution in [0.4, 0.5) is 0 Å². The summed E-state index contributed by atoms with van der Waals surface area (Å²) in [4.78, 5) is 17.1. The van der Waals surface area contributed by atoms with Crippen molar-refractivity contribution in [1.29, 1.82) is 5.26 Å². The van der Waals surface area contributed by atoms with Gasteiger partial charge in [0, 0.05) is 10.8 Å². The number of nitriles is 1. The molecule has 2 aromatic carbocycles. The molecule has 5 heteroatoms. The van der Waals surface area contributed by atoms with Crippen LogP contribution >= 0.6 is 11.3 Å². The van der Waals surface area contributed by atoms with Crippen LogP contribution in [0, 0.1) is 11.3 Å². The van der Waals surface area contributed by atoms with E-state index in [4.69, 9.17) is 4.42 Å². The summed E-state index contributed by atoms with van der Waals surface area (Å²) in [6.07, 6.45) is 3.87. The van der Waals surface area contributed by atoms with E-state index in [0.29, 0.717) is 33.3 Å². The van der Waals surface area contributed by atoms with Crippen molar-refractivity contribution in [3.05, 3.63) is 92.6 Å². The van der Waals surface area contributed by atoms with Crippen LogP contribution in [0.25, 0.3) is 27.8 Å². The number of para-hydroxylation sites is 1. The zero-order chi connectivity index (χ0) is 21.2. The zero-order valence-corrected chi connectivity index (χ0v) is 17.7. The molecule has 4 nitrogen and oxygen atoms in total. The van der Waals surface area contributed by atoms with E-state index in [0.717, 1.165) is 31.1 Å². The van der Waals surface area contributed by atoms with Gasteiger partial charge >= 0.3 is 5.63 Å². The first kappa shape index (κ1) is 19.5. The highest BCUT2D eigenvalue weighted by Crippen LogP contribution is 2.39. The molecule has 1 aliphatic rings. The van der Waals surface area contributed by atoms with Crippen LogP contribution in [0.5, 0.6) is 0 Å². The Bertz CT molecular complexity index is 1370. The van der Waals surface area contributed by atoms with Gasteiger partial charge < -0.3 is 4.42 Å². The molecular weight excluding hydrogens is 404 g/mol. The molecule has 2 aromatic heterocycles. The third-order valence-electron chi connectivity index (χ3n) is 5.96. The van der Waals surface area contributed by atoms with Crippen molar-refractivity contribution in [1.82, 2.24) is 4.98 Å². The Morgan fingerprint density at radius 1 is 1.06 bits per heavy atom. The standard InChI is InChI=1S/C26H20N2O2S/c27-15-22(19-12-10-18(11-13-19)17-6-2-1-3-7-17)25-28-23(16-31-25)21-14-20-8-4-5-9-24(20)30-26(21)29/h1-9,14,16,18H,10-13H2. The van der Waals surface area contributed by atoms with Crippen LogP contribution in [0.15, 0.2) is 80.8 Å². The quantitative estimate of drug-likeness (QED) is 0.276. The van der Waals surface area contributed by atoms with E-state index in [1.807, 2.05) is 35.7 Å². The van der Waals surface area contributed by atoms with E-state index >= 15 is 0 Å². The summed E-state index contributed by atoms with van der Waals surface area (Å²) in [5.74, 6) is 0.541. The number of hydrogen-bond donors (Lipinski definition) is 0. The highest BCUT2D eigenvalue weighted by atomic mass is 32.1. The van der Waals surface area contributed by atoms with Gasteiger partial charge in [-0.05, 0) is 54.9 Å². The van der Waals surface area contributed by atoms with E-state index in [1.165, 1.54) is 22.5 Å². The first-order chi connectivity index (χ1) is 15.2. The lowest BCUT2D eigenvalue weighted by atomic mass is 9.80. The van der Waals surface area contributed by atoms with E-state index in [1.54, 1.807) is 6.07 Å². The lowest BCUT2D eigenvalue weighted by Crippen LogP contribution is -2.08. The molecule has 0 amide bonds. The second-order valence-corrected chi connectivity index (χ2v) is 8.66. The molecule has 0 N–H and O–H groups in total. The Hall–Kier alpha value is -3.49. The Morgan fingerprint density at radius 2 is 1.81 bits per heavy atom. The van der Waals surface area contributed by atoms with Gasteiger partial charge in [0.05, 0.1) is 16.8 Å². The average Bonchev–Trinajstić information content (AvgIpc) is 3.30. The van der Waals surface area contributed by atoms with Crippen molar-refractivity contribution in [2.75, 3.05) is 0 Å². The maximum atomic E-state index is 12.5. The Morgan fingerprint density at radius 3 is 2.58 bits per heavy atom. The summed E-state index contributed by atoms with van der Waals surface area (Å²) < 4.78 is 5.45. The first-order valence-electron chi connectivity index (χ1n) is 10.4. The molecule has 1 fully saturated rings. The molecule has 5 rings (SSSR count). The minimum atomic E-state index is -0.412. The van der Waals surface area contributed by atoms with E-state index < -0.39 is 5.63 Å². The monoisotopic (exact) mass is 424 g/mol. The summed E-state index contributed by atoms with van der Waals surface area (Å²) in [6.45, 7) is 0. The topological polar surface area (TPSA) is 66.9 Å². The number of benzene rings is 2. The van der Waals surface area contributed by atoms with Gasteiger partial charge in [0.2, 0.25) is 0 Å². The largest absolute Gasteiger partial charge is 0.422 e. The van der Waals surface area contributed by atoms with Crippen LogP contribution < -0.4 is 5.63 Å². The number of hydrogen-bond acceptors (Lipinski definition) is 5. The minimum Gasteiger partial charge on any atom is -0.422 e. The fraction of sp³-hybridized carbons (Fsp3) is 0.192. The van der Waals surface area contributed by atoms with Crippen molar-refractivity contribution in [3.63, 3.8) is 0 Å². The highest BCUT2D eigenvalue weighted by Gasteiger charge is 2.22. The van der Waals surface area contributed by atoms with Crippen molar-refractivity contribution < 1.29 is 4.42 Å². The predicted molar refractivity (Wildman–Crippen MR) is 124 cm³/mol. The average molecular weight is 425 g/mol. The van der Waals surface area contributed by atoms with Crippen molar-refractivity contribution in [3.8, 4) is 17.3 Å². The van der Waals surface area contributed by atoms with Crippen LogP contribution in [0.1, 0.15) is 42.2 Å². The van der Waals surface area contributed by atoms with Crippen LogP contribution in [-0.4, -0.2) is 4.98 Å². The molecule has 0 unspecified atom stereocenters. The fourth-order valence-electron chi connectivity index (χ4n) is 4.31. The van der Waals surface area contributed by atoms with Crippen LogP contribution in [-0.2, 0) is 0 Å². The molecule has 2 heterocycles. The normalized spacial score (nSPS) is 16.2. The van der Waals surface area contributed by atoms with Gasteiger partial charge in [-0.2, -0.15) is 5.26 Å². The van der Waals surface area contributed by atoms with Gasteiger partial charge in [-0.1, -0.05) is 48.5 Å².